The number of carbonyl (C=O) groups is 2. The molecule has 0 saturated carbocycles. The highest BCUT2D eigenvalue weighted by Gasteiger charge is 2.62. The van der Waals surface area contributed by atoms with Crippen molar-refractivity contribution >= 4 is 29.1 Å². The van der Waals surface area contributed by atoms with Gasteiger partial charge in [-0.3, -0.25) is 9.59 Å². The second-order valence-electron chi connectivity index (χ2n) is 8.46. The van der Waals surface area contributed by atoms with Crippen molar-refractivity contribution in [3.63, 3.8) is 0 Å². The minimum Gasteiger partial charge on any atom is -0.374 e. The molecule has 2 aromatic carbocycles. The number of alkyl halides is 9. The van der Waals surface area contributed by atoms with Crippen LogP contribution < -0.4 is 10.6 Å². The summed E-state index contributed by atoms with van der Waals surface area (Å²) in [7, 11) is 0. The molecular formula is C23H17ClF9N3O3. The molecule has 3 rings (SSSR count). The van der Waals surface area contributed by atoms with Gasteiger partial charge in [0, 0.05) is 22.6 Å². The summed E-state index contributed by atoms with van der Waals surface area (Å²) in [4.78, 5) is 28.6. The third kappa shape index (κ3) is 6.94. The molecule has 0 aromatic heterocycles. The molecule has 0 spiro atoms. The molecule has 0 bridgehead atoms. The van der Waals surface area contributed by atoms with Crippen LogP contribution in [0.1, 0.15) is 39.0 Å². The molecule has 1 aliphatic rings. The predicted octanol–water partition coefficient (Wildman–Crippen LogP) is 5.66. The summed E-state index contributed by atoms with van der Waals surface area (Å²) < 4.78 is 119. The van der Waals surface area contributed by atoms with Crippen molar-refractivity contribution in [2.45, 2.75) is 37.5 Å². The van der Waals surface area contributed by atoms with Crippen LogP contribution in [0.2, 0.25) is 5.02 Å². The van der Waals surface area contributed by atoms with E-state index in [1.54, 1.807) is 5.32 Å². The maximum atomic E-state index is 14.2. The van der Waals surface area contributed by atoms with Gasteiger partial charge in [0.1, 0.15) is 6.54 Å². The first kappa shape index (κ1) is 30.1. The monoisotopic (exact) mass is 589 g/mol. The van der Waals surface area contributed by atoms with Crippen molar-refractivity contribution in [2.75, 3.05) is 13.1 Å². The first-order valence-corrected chi connectivity index (χ1v) is 11.1. The van der Waals surface area contributed by atoms with E-state index in [1.165, 1.54) is 25.1 Å². The van der Waals surface area contributed by atoms with E-state index in [1.807, 2.05) is 0 Å². The highest BCUT2D eigenvalue weighted by Crippen LogP contribution is 2.50. The predicted molar refractivity (Wildman–Crippen MR) is 119 cm³/mol. The molecule has 6 nitrogen and oxygen atoms in total. The molecule has 0 radical (unpaired) electrons. The Morgan fingerprint density at radius 2 is 1.67 bits per heavy atom. The summed E-state index contributed by atoms with van der Waals surface area (Å²) in [6, 6.07) is 5.07. The molecule has 39 heavy (non-hydrogen) atoms. The molecular weight excluding hydrogens is 573 g/mol. The maximum Gasteiger partial charge on any atom is 0.435 e. The van der Waals surface area contributed by atoms with Gasteiger partial charge in [0.2, 0.25) is 5.91 Å². The maximum absolute atomic E-state index is 14.2. The number of oxime groups is 1. The Bertz CT molecular complexity index is 1310. The van der Waals surface area contributed by atoms with E-state index in [0.29, 0.717) is 12.1 Å². The lowest BCUT2D eigenvalue weighted by atomic mass is 9.85. The largest absolute Gasteiger partial charge is 0.435 e. The van der Waals surface area contributed by atoms with E-state index in [9.17, 15) is 49.1 Å². The van der Waals surface area contributed by atoms with Crippen LogP contribution in [0.3, 0.4) is 0 Å². The first-order chi connectivity index (χ1) is 17.8. The van der Waals surface area contributed by atoms with Gasteiger partial charge in [0.15, 0.2) is 0 Å². The smallest absolute Gasteiger partial charge is 0.374 e. The normalized spacial score (nSPS) is 17.9. The lowest BCUT2D eigenvalue weighted by Gasteiger charge is -2.30. The molecule has 2 aromatic rings. The summed E-state index contributed by atoms with van der Waals surface area (Å²) in [5, 5.41) is 6.55. The third-order valence-corrected chi connectivity index (χ3v) is 5.80. The highest BCUT2D eigenvalue weighted by molar-refractivity contribution is 6.30. The van der Waals surface area contributed by atoms with E-state index in [4.69, 9.17) is 16.4 Å². The Hall–Kier alpha value is -3.49. The van der Waals surface area contributed by atoms with E-state index < -0.39 is 71.6 Å². The Labute approximate surface area is 219 Å². The number of amides is 2. The summed E-state index contributed by atoms with van der Waals surface area (Å²) in [6.45, 7) is -0.974. The second kappa shape index (κ2) is 10.6. The van der Waals surface area contributed by atoms with Crippen LogP contribution in [0.4, 0.5) is 39.5 Å². The SMILES string of the molecule is Cc1cc(C2=NO[C@](c3cc(Cl)cc(C(F)(F)F)c3)(C(F)(F)F)C2)ccc1C(=O)NCC(=O)NCC(F)(F)F. The van der Waals surface area contributed by atoms with Crippen molar-refractivity contribution in [3.05, 3.63) is 69.2 Å². The third-order valence-electron chi connectivity index (χ3n) is 5.58. The van der Waals surface area contributed by atoms with Gasteiger partial charge in [0.25, 0.3) is 11.5 Å². The average molecular weight is 590 g/mol. The first-order valence-electron chi connectivity index (χ1n) is 10.7. The number of rotatable bonds is 6. The van der Waals surface area contributed by atoms with Crippen LogP contribution in [-0.2, 0) is 21.4 Å². The minimum atomic E-state index is -5.21. The van der Waals surface area contributed by atoms with Crippen LogP contribution in [0.5, 0.6) is 0 Å². The molecule has 212 valence electrons. The van der Waals surface area contributed by atoms with Crippen LogP contribution in [0, 0.1) is 6.92 Å². The number of hydrogen-bond acceptors (Lipinski definition) is 4. The molecule has 0 unspecified atom stereocenters. The van der Waals surface area contributed by atoms with E-state index in [0.717, 1.165) is 0 Å². The molecule has 0 saturated heterocycles. The second-order valence-corrected chi connectivity index (χ2v) is 8.90. The van der Waals surface area contributed by atoms with E-state index >= 15 is 0 Å². The number of aryl methyl sites for hydroxylation is 1. The Morgan fingerprint density at radius 1 is 1.00 bits per heavy atom. The number of nitrogens with zero attached hydrogens (tertiary/aromatic N) is 1. The number of benzene rings is 2. The highest BCUT2D eigenvalue weighted by atomic mass is 35.5. The minimum absolute atomic E-state index is 0.0476. The summed E-state index contributed by atoms with van der Waals surface area (Å²) in [6.07, 6.45) is -15.9. The van der Waals surface area contributed by atoms with Crippen LogP contribution in [0.15, 0.2) is 41.6 Å². The number of nitrogens with one attached hydrogen (secondary N) is 2. The fourth-order valence-corrected chi connectivity index (χ4v) is 3.90. The van der Waals surface area contributed by atoms with Crippen LogP contribution >= 0.6 is 11.6 Å². The molecule has 1 heterocycles. The van der Waals surface area contributed by atoms with Crippen molar-refractivity contribution in [1.29, 1.82) is 0 Å². The molecule has 0 fully saturated rings. The topological polar surface area (TPSA) is 79.8 Å². The standard InChI is InChI=1S/C23H17ClF9N3O3/c1-11-4-12(2-3-16(11)19(38)34-9-18(37)35-10-21(25,26)27)17-8-20(39-36-17,23(31,32)33)13-5-14(22(28,29)30)7-15(24)6-13/h2-7H,8-10H2,1H3,(H,34,38)(H,35,37)/t20-/m1/s1. The van der Waals surface area contributed by atoms with Crippen molar-refractivity contribution in [2.24, 2.45) is 5.16 Å². The Balaban J connectivity index is 1.81. The van der Waals surface area contributed by atoms with Crippen LogP contribution in [0.25, 0.3) is 0 Å². The van der Waals surface area contributed by atoms with Gasteiger partial charge in [-0.15, -0.1) is 0 Å². The van der Waals surface area contributed by atoms with Gasteiger partial charge in [0.05, 0.1) is 17.8 Å². The van der Waals surface area contributed by atoms with Gasteiger partial charge in [-0.1, -0.05) is 22.8 Å². The molecule has 1 aliphatic heterocycles. The fourth-order valence-electron chi connectivity index (χ4n) is 3.66. The molecule has 0 aliphatic carbocycles. The van der Waals surface area contributed by atoms with E-state index in [-0.39, 0.29) is 28.5 Å². The Kier molecular flexibility index (Phi) is 8.16. The van der Waals surface area contributed by atoms with Gasteiger partial charge in [-0.25, -0.2) is 0 Å². The van der Waals surface area contributed by atoms with Gasteiger partial charge in [-0.2, -0.15) is 39.5 Å². The van der Waals surface area contributed by atoms with Crippen LogP contribution in [-0.4, -0.2) is 43.0 Å². The zero-order chi connectivity index (χ0) is 29.4. The molecule has 16 heteroatoms. The van der Waals surface area contributed by atoms with Crippen molar-refractivity contribution in [3.8, 4) is 0 Å². The lowest BCUT2D eigenvalue weighted by Crippen LogP contribution is -2.43. The molecule has 1 atom stereocenters. The quantitative estimate of drug-likeness (QED) is 0.427. The number of halogens is 10. The van der Waals surface area contributed by atoms with Crippen molar-refractivity contribution in [1.82, 2.24) is 10.6 Å². The Morgan fingerprint density at radius 3 is 2.23 bits per heavy atom. The van der Waals surface area contributed by atoms with Gasteiger partial charge in [-0.05, 0) is 48.4 Å². The molecule has 2 amide bonds. The van der Waals surface area contributed by atoms with Gasteiger partial charge >= 0.3 is 18.5 Å². The summed E-state index contributed by atoms with van der Waals surface area (Å²) in [5.74, 6) is -1.96. The fraction of sp³-hybridized carbons (Fsp3) is 0.348. The zero-order valence-corrected chi connectivity index (χ0v) is 20.3. The van der Waals surface area contributed by atoms with Gasteiger partial charge < -0.3 is 15.5 Å². The number of carbonyl (C=O) groups excluding carboxylic acids is 2. The number of hydrogen-bond donors (Lipinski definition) is 2. The average Bonchev–Trinajstić information content (AvgIpc) is 3.27. The summed E-state index contributed by atoms with van der Waals surface area (Å²) in [5.41, 5.74) is -5.70. The lowest BCUT2D eigenvalue weighted by molar-refractivity contribution is -0.276. The zero-order valence-electron chi connectivity index (χ0n) is 19.5. The summed E-state index contributed by atoms with van der Waals surface area (Å²) >= 11 is 5.68. The van der Waals surface area contributed by atoms with Crippen molar-refractivity contribution < 1.29 is 53.9 Å². The molecule has 2 N–H and O–H groups in total. The van der Waals surface area contributed by atoms with E-state index in [2.05, 4.69) is 10.5 Å².